The number of anilines is 1. The van der Waals surface area contributed by atoms with Crippen molar-refractivity contribution >= 4 is 22.3 Å². The van der Waals surface area contributed by atoms with Gasteiger partial charge in [-0.05, 0) is 12.1 Å². The molecule has 106 valence electrons. The first-order valence-corrected chi connectivity index (χ1v) is 6.39. The molecule has 0 atom stereocenters. The lowest BCUT2D eigenvalue weighted by Gasteiger charge is -2.10. The van der Waals surface area contributed by atoms with E-state index in [4.69, 9.17) is 0 Å². The van der Waals surface area contributed by atoms with Crippen LogP contribution in [0.2, 0.25) is 0 Å². The second-order valence-electron chi connectivity index (χ2n) is 4.59. The van der Waals surface area contributed by atoms with Crippen LogP contribution in [0.15, 0.2) is 42.7 Å². The normalized spacial score (nSPS) is 10.7. The monoisotopic (exact) mass is 283 g/mol. The van der Waals surface area contributed by atoms with Crippen LogP contribution in [0, 0.1) is 10.1 Å². The summed E-state index contributed by atoms with van der Waals surface area (Å²) in [5.74, 6) is 0. The minimum atomic E-state index is -0.426. The number of aromatic nitrogens is 3. The predicted octanol–water partition coefficient (Wildman–Crippen LogP) is 2.49. The maximum absolute atomic E-state index is 11.2. The Labute approximate surface area is 120 Å². The molecule has 0 aliphatic rings. The van der Waals surface area contributed by atoms with E-state index in [1.165, 1.54) is 6.20 Å². The fourth-order valence-corrected chi connectivity index (χ4v) is 2.21. The van der Waals surface area contributed by atoms with Crippen molar-refractivity contribution in [2.45, 2.75) is 6.54 Å². The molecule has 7 heteroatoms. The summed E-state index contributed by atoms with van der Waals surface area (Å²) in [6, 6.07) is 9.20. The molecule has 1 N–H and O–H groups in total. The molecule has 3 aromatic rings. The fourth-order valence-electron chi connectivity index (χ4n) is 2.21. The van der Waals surface area contributed by atoms with Gasteiger partial charge in [-0.15, -0.1) is 0 Å². The molecular formula is C14H13N5O2. The summed E-state index contributed by atoms with van der Waals surface area (Å²) in [7, 11) is 1.83. The molecule has 7 nitrogen and oxygen atoms in total. The quantitative estimate of drug-likeness (QED) is 0.587. The topological polar surface area (TPSA) is 85.9 Å². The van der Waals surface area contributed by atoms with Crippen LogP contribution in [-0.4, -0.2) is 19.7 Å². The largest absolute Gasteiger partial charge is 0.373 e. The smallest absolute Gasteiger partial charge is 0.311 e. The van der Waals surface area contributed by atoms with E-state index in [0.717, 1.165) is 16.6 Å². The number of aryl methyl sites for hydroxylation is 1. The lowest BCUT2D eigenvalue weighted by atomic mass is 10.1. The highest BCUT2D eigenvalue weighted by Gasteiger charge is 2.17. The molecule has 0 saturated heterocycles. The summed E-state index contributed by atoms with van der Waals surface area (Å²) >= 11 is 0. The molecule has 0 bridgehead atoms. The molecule has 21 heavy (non-hydrogen) atoms. The van der Waals surface area contributed by atoms with E-state index in [-0.39, 0.29) is 5.69 Å². The Hall–Kier alpha value is -2.96. The van der Waals surface area contributed by atoms with Crippen LogP contribution >= 0.6 is 0 Å². The maximum atomic E-state index is 11.2. The second kappa shape index (κ2) is 5.20. The van der Waals surface area contributed by atoms with Crippen molar-refractivity contribution < 1.29 is 4.92 Å². The molecule has 0 aliphatic carbocycles. The number of para-hydroxylation sites is 1. The average molecular weight is 283 g/mol. The van der Waals surface area contributed by atoms with E-state index < -0.39 is 4.92 Å². The molecule has 0 radical (unpaired) electrons. The van der Waals surface area contributed by atoms with E-state index in [0.29, 0.717) is 12.2 Å². The van der Waals surface area contributed by atoms with E-state index in [1.807, 2.05) is 37.4 Å². The van der Waals surface area contributed by atoms with Crippen molar-refractivity contribution in [2.75, 3.05) is 5.32 Å². The van der Waals surface area contributed by atoms with Crippen molar-refractivity contribution in [1.29, 1.82) is 0 Å². The van der Waals surface area contributed by atoms with Gasteiger partial charge in [0.2, 0.25) is 0 Å². The van der Waals surface area contributed by atoms with Gasteiger partial charge in [-0.2, -0.15) is 5.10 Å². The molecule has 0 saturated carbocycles. The van der Waals surface area contributed by atoms with Crippen molar-refractivity contribution in [1.82, 2.24) is 14.8 Å². The van der Waals surface area contributed by atoms with Gasteiger partial charge in [0.05, 0.1) is 22.7 Å². The number of nitrogens with zero attached hydrogens (tertiary/aromatic N) is 4. The third kappa shape index (κ3) is 2.40. The first kappa shape index (κ1) is 13.0. The van der Waals surface area contributed by atoms with Crippen molar-refractivity contribution in [3.8, 4) is 0 Å². The van der Waals surface area contributed by atoms with Crippen LogP contribution in [0.4, 0.5) is 11.4 Å². The zero-order chi connectivity index (χ0) is 14.8. The first-order valence-electron chi connectivity index (χ1n) is 6.39. The van der Waals surface area contributed by atoms with Crippen molar-refractivity contribution in [3.05, 3.63) is 58.5 Å². The molecule has 0 fully saturated rings. The number of nitrogens with one attached hydrogen (secondary N) is 1. The lowest BCUT2D eigenvalue weighted by Crippen LogP contribution is -2.07. The molecular weight excluding hydrogens is 270 g/mol. The molecule has 0 unspecified atom stereocenters. The summed E-state index contributed by atoms with van der Waals surface area (Å²) in [6.07, 6.45) is 2.98. The van der Waals surface area contributed by atoms with Crippen molar-refractivity contribution in [3.63, 3.8) is 0 Å². The summed E-state index contributed by atoms with van der Waals surface area (Å²) in [5, 5.41) is 19.1. The Morgan fingerprint density at radius 1 is 1.33 bits per heavy atom. The molecule has 0 spiro atoms. The number of fused-ring (bicyclic) bond motifs is 1. The van der Waals surface area contributed by atoms with Crippen LogP contribution in [0.1, 0.15) is 5.69 Å². The van der Waals surface area contributed by atoms with Crippen LogP contribution in [0.5, 0.6) is 0 Å². The van der Waals surface area contributed by atoms with Gasteiger partial charge in [0.25, 0.3) is 0 Å². The predicted molar refractivity (Wildman–Crippen MR) is 78.9 cm³/mol. The summed E-state index contributed by atoms with van der Waals surface area (Å²) in [6.45, 7) is 0.450. The molecule has 1 aromatic carbocycles. The number of nitro groups is 1. The Morgan fingerprint density at radius 2 is 2.14 bits per heavy atom. The van der Waals surface area contributed by atoms with E-state index >= 15 is 0 Å². The SMILES string of the molecule is Cn1nccc1CNc1c([N+](=O)[O-])cnc2ccccc12. The summed E-state index contributed by atoms with van der Waals surface area (Å²) in [5.41, 5.74) is 2.10. The van der Waals surface area contributed by atoms with E-state index in [1.54, 1.807) is 10.9 Å². The second-order valence-corrected chi connectivity index (χ2v) is 4.59. The zero-order valence-electron chi connectivity index (χ0n) is 11.4. The number of hydrogen-bond acceptors (Lipinski definition) is 5. The third-order valence-electron chi connectivity index (χ3n) is 3.32. The number of pyridine rings is 1. The molecule has 3 rings (SSSR count). The minimum Gasteiger partial charge on any atom is -0.373 e. The van der Waals surface area contributed by atoms with Gasteiger partial charge >= 0.3 is 5.69 Å². The summed E-state index contributed by atoms with van der Waals surface area (Å²) in [4.78, 5) is 14.9. The Balaban J connectivity index is 2.04. The molecule has 2 heterocycles. The average Bonchev–Trinajstić information content (AvgIpc) is 2.89. The fraction of sp³-hybridized carbons (Fsp3) is 0.143. The Kier molecular flexibility index (Phi) is 3.23. The summed E-state index contributed by atoms with van der Waals surface area (Å²) < 4.78 is 1.72. The van der Waals surface area contributed by atoms with Gasteiger partial charge in [-0.1, -0.05) is 18.2 Å². The Bertz CT molecular complexity index is 812. The van der Waals surface area contributed by atoms with Crippen LogP contribution in [-0.2, 0) is 13.6 Å². The van der Waals surface area contributed by atoms with Gasteiger partial charge in [0.15, 0.2) is 0 Å². The van der Waals surface area contributed by atoms with Gasteiger partial charge < -0.3 is 5.32 Å². The van der Waals surface area contributed by atoms with Crippen LogP contribution in [0.3, 0.4) is 0 Å². The Morgan fingerprint density at radius 3 is 2.86 bits per heavy atom. The zero-order valence-corrected chi connectivity index (χ0v) is 11.4. The number of rotatable bonds is 4. The molecule has 0 amide bonds. The number of hydrogen-bond donors (Lipinski definition) is 1. The maximum Gasteiger partial charge on any atom is 0.311 e. The van der Waals surface area contributed by atoms with Crippen LogP contribution in [0.25, 0.3) is 10.9 Å². The molecule has 0 aliphatic heterocycles. The van der Waals surface area contributed by atoms with Gasteiger partial charge in [0.1, 0.15) is 11.9 Å². The number of benzene rings is 1. The third-order valence-corrected chi connectivity index (χ3v) is 3.32. The van der Waals surface area contributed by atoms with Crippen LogP contribution < -0.4 is 5.32 Å². The van der Waals surface area contributed by atoms with Crippen molar-refractivity contribution in [2.24, 2.45) is 7.05 Å². The van der Waals surface area contributed by atoms with E-state index in [2.05, 4.69) is 15.4 Å². The lowest BCUT2D eigenvalue weighted by molar-refractivity contribution is -0.384. The standard InChI is InChI=1S/C14H13N5O2/c1-18-10(6-7-17-18)8-16-14-11-4-2-3-5-12(11)15-9-13(14)19(20)21/h2-7,9H,8H2,1H3,(H,15,16). The molecule has 2 aromatic heterocycles. The minimum absolute atomic E-state index is 0.0316. The highest BCUT2D eigenvalue weighted by atomic mass is 16.6. The van der Waals surface area contributed by atoms with Gasteiger partial charge in [-0.25, -0.2) is 4.98 Å². The van der Waals surface area contributed by atoms with E-state index in [9.17, 15) is 10.1 Å². The highest BCUT2D eigenvalue weighted by Crippen LogP contribution is 2.31. The highest BCUT2D eigenvalue weighted by molar-refractivity contribution is 5.95. The first-order chi connectivity index (χ1) is 10.2. The van der Waals surface area contributed by atoms with Gasteiger partial charge in [-0.3, -0.25) is 14.8 Å². The van der Waals surface area contributed by atoms with Gasteiger partial charge in [0, 0.05) is 18.6 Å².